The molecule has 55 heavy (non-hydrogen) atoms. The Balaban J connectivity index is 0.000000782. The molecule has 3 aliphatic heterocycles. The molecule has 0 saturated carbocycles. The summed E-state index contributed by atoms with van der Waals surface area (Å²) in [5.74, 6) is -1.11. The third-order valence-electron chi connectivity index (χ3n) is 9.53. The Morgan fingerprint density at radius 2 is 1.65 bits per heavy atom. The third-order valence-corrected chi connectivity index (χ3v) is 10.9. The maximum absolute atomic E-state index is 16.9. The number of nitriles is 1. The first-order chi connectivity index (χ1) is 25.9. The van der Waals surface area contributed by atoms with Gasteiger partial charge in [0.1, 0.15) is 39.4 Å². The highest BCUT2D eigenvalue weighted by Gasteiger charge is 2.45. The van der Waals surface area contributed by atoms with E-state index in [-0.39, 0.29) is 66.5 Å². The first kappa shape index (κ1) is 40.2. The summed E-state index contributed by atoms with van der Waals surface area (Å²) in [6.07, 6.45) is 3.17. The average molecular weight is 798 g/mol. The van der Waals surface area contributed by atoms with Crippen molar-refractivity contribution in [2.75, 3.05) is 50.6 Å². The zero-order valence-electron chi connectivity index (χ0n) is 32.3. The number of likely N-dealkylation sites (tertiary alicyclic amines) is 1. The normalized spacial score (nSPS) is 18.6. The highest BCUT2D eigenvalue weighted by molar-refractivity contribution is 7.23. The number of anilines is 2. The standard InChI is InChI=1S/C34H35ClF2N6O5S.C5H11N/c1-33(2,3)47-31(44)41-29-20(13-38)23-18(10-11-22(36)27(23)49-29)24-21(35)12-19-26(25(24)37)39-30(46-7)40-28(19)42-14-16-8-9-17(15-42)43(16)32(45)48-34(4,5)6;1-6-4-2-3-5-6/h10-12,16-17H,8-9,14-15H2,1-7H3,(H,41,44);2-5H2,1H3. The molecule has 2 unspecified atom stereocenters. The minimum absolute atomic E-state index is 0.0231. The molecule has 12 nitrogen and oxygen atoms in total. The number of nitrogens with zero attached hydrogens (tertiary/aromatic N) is 6. The van der Waals surface area contributed by atoms with E-state index in [1.165, 1.54) is 39.1 Å². The Morgan fingerprint density at radius 1 is 1.02 bits per heavy atom. The van der Waals surface area contributed by atoms with E-state index in [0.717, 1.165) is 30.2 Å². The van der Waals surface area contributed by atoms with E-state index >= 15 is 8.78 Å². The number of hydrogen-bond donors (Lipinski definition) is 1. The van der Waals surface area contributed by atoms with Gasteiger partial charge in [0.2, 0.25) is 0 Å². The Hall–Kier alpha value is -4.52. The molecule has 1 N–H and O–H groups in total. The van der Waals surface area contributed by atoms with E-state index in [4.69, 9.17) is 25.8 Å². The predicted molar refractivity (Wildman–Crippen MR) is 210 cm³/mol. The van der Waals surface area contributed by atoms with E-state index in [1.807, 2.05) is 31.7 Å². The van der Waals surface area contributed by atoms with Crippen LogP contribution in [0.15, 0.2) is 18.2 Å². The molecule has 2 aromatic carbocycles. The maximum Gasteiger partial charge on any atom is 0.412 e. The Kier molecular flexibility index (Phi) is 11.4. The second-order valence-corrected chi connectivity index (χ2v) is 17.4. The summed E-state index contributed by atoms with van der Waals surface area (Å²) in [5, 5.41) is 13.1. The van der Waals surface area contributed by atoms with E-state index in [1.54, 1.807) is 31.7 Å². The number of hydrogen-bond acceptors (Lipinski definition) is 11. The van der Waals surface area contributed by atoms with Gasteiger partial charge in [-0.25, -0.2) is 18.4 Å². The minimum atomic E-state index is -0.830. The topological polar surface area (TPSA) is 133 Å². The van der Waals surface area contributed by atoms with Gasteiger partial charge in [-0.15, -0.1) is 11.3 Å². The number of nitrogens with one attached hydrogen (secondary N) is 1. The van der Waals surface area contributed by atoms with Crippen molar-refractivity contribution >= 4 is 66.9 Å². The van der Waals surface area contributed by atoms with E-state index in [0.29, 0.717) is 24.3 Å². The van der Waals surface area contributed by atoms with Crippen LogP contribution in [-0.4, -0.2) is 95.6 Å². The largest absolute Gasteiger partial charge is 0.467 e. The monoisotopic (exact) mass is 797 g/mol. The van der Waals surface area contributed by atoms with Crippen LogP contribution in [0.4, 0.5) is 29.2 Å². The number of carbonyl (C=O) groups excluding carboxylic acids is 2. The summed E-state index contributed by atoms with van der Waals surface area (Å²) in [4.78, 5) is 40.7. The summed E-state index contributed by atoms with van der Waals surface area (Å²) in [7, 11) is 3.55. The van der Waals surface area contributed by atoms with Crippen molar-refractivity contribution in [2.45, 2.75) is 90.5 Å². The number of fused-ring (bicyclic) bond motifs is 4. The molecule has 0 radical (unpaired) electrons. The van der Waals surface area contributed by atoms with Crippen LogP contribution in [0.5, 0.6) is 6.01 Å². The van der Waals surface area contributed by atoms with Crippen LogP contribution >= 0.6 is 22.9 Å². The molecule has 5 heterocycles. The summed E-state index contributed by atoms with van der Waals surface area (Å²) >= 11 is 7.67. The van der Waals surface area contributed by atoms with Gasteiger partial charge in [0.15, 0.2) is 5.82 Å². The lowest BCUT2D eigenvalue weighted by molar-refractivity contribution is 0.0122. The average Bonchev–Trinajstić information content (AvgIpc) is 3.79. The molecule has 2 bridgehead atoms. The molecule has 2 amide bonds. The summed E-state index contributed by atoms with van der Waals surface area (Å²) in [6.45, 7) is 14.0. The van der Waals surface area contributed by atoms with Crippen molar-refractivity contribution in [1.82, 2.24) is 19.8 Å². The highest BCUT2D eigenvalue weighted by Crippen LogP contribution is 2.47. The van der Waals surface area contributed by atoms with Crippen LogP contribution in [0.3, 0.4) is 0 Å². The quantitative estimate of drug-likeness (QED) is 0.213. The lowest BCUT2D eigenvalue weighted by Crippen LogP contribution is -2.57. The second kappa shape index (κ2) is 15.5. The van der Waals surface area contributed by atoms with Crippen molar-refractivity contribution in [3.8, 4) is 23.2 Å². The number of thiophene rings is 1. The van der Waals surface area contributed by atoms with Crippen molar-refractivity contribution < 1.29 is 32.6 Å². The van der Waals surface area contributed by atoms with Gasteiger partial charge in [-0.05, 0) is 105 Å². The molecule has 0 aliphatic carbocycles. The maximum atomic E-state index is 16.9. The molecule has 0 spiro atoms. The van der Waals surface area contributed by atoms with Crippen molar-refractivity contribution in [2.24, 2.45) is 0 Å². The van der Waals surface area contributed by atoms with Crippen molar-refractivity contribution in [3.63, 3.8) is 0 Å². The first-order valence-electron chi connectivity index (χ1n) is 18.2. The van der Waals surface area contributed by atoms with Crippen LogP contribution in [0.1, 0.15) is 72.8 Å². The van der Waals surface area contributed by atoms with E-state index < -0.39 is 28.9 Å². The number of aromatic nitrogens is 2. The van der Waals surface area contributed by atoms with Gasteiger partial charge in [-0.2, -0.15) is 15.2 Å². The minimum Gasteiger partial charge on any atom is -0.467 e. The van der Waals surface area contributed by atoms with Gasteiger partial charge in [0.05, 0.1) is 34.5 Å². The molecule has 3 fully saturated rings. The smallest absolute Gasteiger partial charge is 0.412 e. The summed E-state index contributed by atoms with van der Waals surface area (Å²) in [6, 6.07) is 5.67. The molecular weight excluding hydrogens is 752 g/mol. The van der Waals surface area contributed by atoms with Gasteiger partial charge in [-0.1, -0.05) is 17.7 Å². The lowest BCUT2D eigenvalue weighted by Gasteiger charge is -2.42. The zero-order valence-corrected chi connectivity index (χ0v) is 33.9. The first-order valence-corrected chi connectivity index (χ1v) is 19.4. The van der Waals surface area contributed by atoms with Crippen molar-refractivity contribution in [1.29, 1.82) is 5.26 Å². The Labute approximate surface area is 328 Å². The van der Waals surface area contributed by atoms with Gasteiger partial charge >= 0.3 is 18.2 Å². The van der Waals surface area contributed by atoms with Crippen LogP contribution in [0.25, 0.3) is 32.1 Å². The fraction of sp³-hybridized carbons (Fsp3) is 0.513. The van der Waals surface area contributed by atoms with Crippen LogP contribution in [0, 0.1) is 23.0 Å². The molecule has 3 saturated heterocycles. The molecule has 16 heteroatoms. The summed E-state index contributed by atoms with van der Waals surface area (Å²) < 4.78 is 48.5. The number of benzene rings is 2. The predicted octanol–water partition coefficient (Wildman–Crippen LogP) is 8.97. The SMILES string of the molecule is CN1CCCC1.COc1nc(N2CC3CCC(C2)N3C(=O)OC(C)(C)C)c2cc(Cl)c(-c3ccc(F)c4sc(NC(=O)OC(C)(C)C)c(C#N)c34)c(F)c2n1. The molecular formula is C39H46ClF2N7O5S. The number of methoxy groups -OCH3 is 1. The molecule has 4 aromatic rings. The van der Waals surface area contributed by atoms with Crippen molar-refractivity contribution in [3.05, 3.63) is 40.4 Å². The molecule has 294 valence electrons. The Morgan fingerprint density at radius 3 is 2.20 bits per heavy atom. The van der Waals surface area contributed by atoms with E-state index in [2.05, 4.69) is 27.2 Å². The van der Waals surface area contributed by atoms with Gasteiger partial charge in [0.25, 0.3) is 0 Å². The number of amides is 2. The van der Waals surface area contributed by atoms with Crippen LogP contribution < -0.4 is 15.0 Å². The lowest BCUT2D eigenvalue weighted by atomic mass is 9.97. The number of halogens is 3. The third kappa shape index (κ3) is 8.51. The van der Waals surface area contributed by atoms with Crippen LogP contribution in [-0.2, 0) is 9.47 Å². The fourth-order valence-corrected chi connectivity index (χ4v) is 8.64. The van der Waals surface area contributed by atoms with Gasteiger partial charge < -0.3 is 24.0 Å². The van der Waals surface area contributed by atoms with Gasteiger partial charge in [-0.3, -0.25) is 10.2 Å². The Bertz CT molecular complexity index is 2160. The number of rotatable bonds is 4. The van der Waals surface area contributed by atoms with E-state index in [9.17, 15) is 14.9 Å². The second-order valence-electron chi connectivity index (χ2n) is 16.0. The molecule has 7 rings (SSSR count). The molecule has 3 aliphatic rings. The molecule has 2 atom stereocenters. The van der Waals surface area contributed by atoms with Gasteiger partial charge in [0, 0.05) is 29.4 Å². The van der Waals surface area contributed by atoms with Crippen LogP contribution in [0.2, 0.25) is 5.02 Å². The number of piperazine rings is 1. The highest BCUT2D eigenvalue weighted by atomic mass is 35.5. The molecule has 2 aromatic heterocycles. The number of ether oxygens (including phenoxy) is 3. The number of carbonyl (C=O) groups is 2. The fourth-order valence-electron chi connectivity index (χ4n) is 7.27. The summed E-state index contributed by atoms with van der Waals surface area (Å²) in [5.41, 5.74) is -1.61. The zero-order chi connectivity index (χ0) is 40.0.